The number of carbonyl (C=O) groups is 2. The van der Waals surface area contributed by atoms with E-state index >= 15 is 0 Å². The van der Waals surface area contributed by atoms with Gasteiger partial charge in [-0.25, -0.2) is 0 Å². The topological polar surface area (TPSA) is 76.1 Å². The fourth-order valence-corrected chi connectivity index (χ4v) is 4.21. The molecule has 3 aromatic carbocycles. The lowest BCUT2D eigenvalue weighted by Gasteiger charge is -2.26. The van der Waals surface area contributed by atoms with Crippen LogP contribution in [0.15, 0.2) is 72.3 Å². The lowest BCUT2D eigenvalue weighted by molar-refractivity contribution is -0.132. The minimum Gasteiger partial charge on any atom is -0.507 e. The SMILES string of the molecule is CCOc1ccc(N2C(=O)C(=O)/C(=C(/O)c3cc(C)ccc3OC)C2c2ccc(Cl)cc2)cc1. The average Bonchev–Trinajstić information content (AvgIpc) is 3.10. The Balaban J connectivity index is 1.93. The largest absolute Gasteiger partial charge is 0.507 e. The number of halogens is 1. The number of anilines is 1. The van der Waals surface area contributed by atoms with Crippen molar-refractivity contribution in [3.8, 4) is 11.5 Å². The highest BCUT2D eigenvalue weighted by atomic mass is 35.5. The van der Waals surface area contributed by atoms with Crippen LogP contribution < -0.4 is 14.4 Å². The number of ketones is 1. The molecule has 1 fully saturated rings. The number of benzene rings is 3. The minimum atomic E-state index is -0.861. The molecular weight excluding hydrogens is 454 g/mol. The molecule has 7 heteroatoms. The third kappa shape index (κ3) is 4.24. The fourth-order valence-electron chi connectivity index (χ4n) is 4.08. The molecule has 1 heterocycles. The number of aryl methyl sites for hydroxylation is 1. The van der Waals surface area contributed by atoms with Crippen LogP contribution in [0.25, 0.3) is 5.76 Å². The molecule has 1 aliphatic heterocycles. The number of carbonyl (C=O) groups excluding carboxylic acids is 2. The van der Waals surface area contributed by atoms with Gasteiger partial charge in [-0.05, 0) is 67.9 Å². The van der Waals surface area contributed by atoms with Crippen molar-refractivity contribution in [3.63, 3.8) is 0 Å². The molecule has 0 aliphatic carbocycles. The number of rotatable bonds is 6. The normalized spacial score (nSPS) is 17.2. The van der Waals surface area contributed by atoms with Crippen molar-refractivity contribution in [3.05, 3.63) is 94.0 Å². The fraction of sp³-hybridized carbons (Fsp3) is 0.185. The number of hydrogen-bond donors (Lipinski definition) is 1. The first-order valence-corrected chi connectivity index (χ1v) is 11.2. The van der Waals surface area contributed by atoms with Gasteiger partial charge in [0, 0.05) is 10.7 Å². The molecule has 4 rings (SSSR count). The van der Waals surface area contributed by atoms with Crippen LogP contribution >= 0.6 is 11.6 Å². The molecule has 174 valence electrons. The van der Waals surface area contributed by atoms with Crippen molar-refractivity contribution < 1.29 is 24.2 Å². The molecule has 0 spiro atoms. The number of aliphatic hydroxyl groups excluding tert-OH is 1. The van der Waals surface area contributed by atoms with Crippen LogP contribution in [0.3, 0.4) is 0 Å². The Morgan fingerprint density at radius 3 is 2.32 bits per heavy atom. The van der Waals surface area contributed by atoms with Crippen molar-refractivity contribution in [2.24, 2.45) is 0 Å². The lowest BCUT2D eigenvalue weighted by Crippen LogP contribution is -2.29. The van der Waals surface area contributed by atoms with E-state index in [1.54, 1.807) is 60.7 Å². The third-order valence-electron chi connectivity index (χ3n) is 5.67. The maximum absolute atomic E-state index is 13.3. The maximum atomic E-state index is 13.3. The molecular formula is C27H24ClNO5. The highest BCUT2D eigenvalue weighted by Crippen LogP contribution is 2.43. The number of nitrogens with zero attached hydrogens (tertiary/aromatic N) is 1. The number of ether oxygens (including phenoxy) is 2. The van der Waals surface area contributed by atoms with E-state index in [2.05, 4.69) is 0 Å². The summed E-state index contributed by atoms with van der Waals surface area (Å²) in [6, 6.07) is 18.2. The quantitative estimate of drug-likeness (QED) is 0.281. The first-order valence-electron chi connectivity index (χ1n) is 10.8. The van der Waals surface area contributed by atoms with Gasteiger partial charge in [0.25, 0.3) is 11.7 Å². The molecule has 6 nitrogen and oxygen atoms in total. The van der Waals surface area contributed by atoms with E-state index < -0.39 is 17.7 Å². The van der Waals surface area contributed by atoms with E-state index in [-0.39, 0.29) is 11.3 Å². The molecule has 1 amide bonds. The summed E-state index contributed by atoms with van der Waals surface area (Å²) in [6.07, 6.45) is 0. The van der Waals surface area contributed by atoms with Gasteiger partial charge in [0.05, 0.1) is 30.9 Å². The zero-order valence-electron chi connectivity index (χ0n) is 19.0. The van der Waals surface area contributed by atoms with Gasteiger partial charge < -0.3 is 14.6 Å². The number of amides is 1. The van der Waals surface area contributed by atoms with Crippen molar-refractivity contribution in [2.45, 2.75) is 19.9 Å². The van der Waals surface area contributed by atoms with Crippen LogP contribution in [0.2, 0.25) is 5.02 Å². The molecule has 1 unspecified atom stereocenters. The summed E-state index contributed by atoms with van der Waals surface area (Å²) in [6.45, 7) is 4.25. The van der Waals surface area contributed by atoms with Crippen LogP contribution in [-0.2, 0) is 9.59 Å². The summed E-state index contributed by atoms with van der Waals surface area (Å²) < 4.78 is 10.9. The summed E-state index contributed by atoms with van der Waals surface area (Å²) in [5.74, 6) is -0.778. The molecule has 3 aromatic rings. The zero-order chi connectivity index (χ0) is 24.4. The monoisotopic (exact) mass is 477 g/mol. The van der Waals surface area contributed by atoms with Crippen molar-refractivity contribution in [2.75, 3.05) is 18.6 Å². The standard InChI is InChI=1S/C27H24ClNO5/c1-4-34-20-12-10-19(11-13-20)29-24(17-6-8-18(28)9-7-17)23(26(31)27(29)32)25(30)21-15-16(2)5-14-22(21)33-3/h5-15,24,30H,4H2,1-3H3/b25-23+. The van der Waals surface area contributed by atoms with Gasteiger partial charge in [-0.1, -0.05) is 35.4 Å². The van der Waals surface area contributed by atoms with E-state index in [1.165, 1.54) is 12.0 Å². The van der Waals surface area contributed by atoms with E-state index in [4.69, 9.17) is 21.1 Å². The Morgan fingerprint density at radius 1 is 1.03 bits per heavy atom. The third-order valence-corrected chi connectivity index (χ3v) is 5.92. The summed E-state index contributed by atoms with van der Waals surface area (Å²) in [7, 11) is 1.48. The molecule has 0 bridgehead atoms. The molecule has 0 radical (unpaired) electrons. The van der Waals surface area contributed by atoms with Crippen molar-refractivity contribution in [1.29, 1.82) is 0 Å². The van der Waals surface area contributed by atoms with Crippen molar-refractivity contribution in [1.82, 2.24) is 0 Å². The zero-order valence-corrected chi connectivity index (χ0v) is 19.8. The second kappa shape index (κ2) is 9.61. The maximum Gasteiger partial charge on any atom is 0.300 e. The van der Waals surface area contributed by atoms with Gasteiger partial charge in [0.1, 0.15) is 17.3 Å². The van der Waals surface area contributed by atoms with E-state index in [9.17, 15) is 14.7 Å². The predicted octanol–water partition coefficient (Wildman–Crippen LogP) is 5.68. The Kier molecular flexibility index (Phi) is 6.61. The van der Waals surface area contributed by atoms with Gasteiger partial charge in [-0.2, -0.15) is 0 Å². The van der Waals surface area contributed by atoms with Crippen LogP contribution in [-0.4, -0.2) is 30.5 Å². The smallest absolute Gasteiger partial charge is 0.300 e. The summed E-state index contributed by atoms with van der Waals surface area (Å²) in [5, 5.41) is 11.9. The highest BCUT2D eigenvalue weighted by Gasteiger charge is 2.47. The Labute approximate surface area is 203 Å². The highest BCUT2D eigenvalue weighted by molar-refractivity contribution is 6.51. The number of hydrogen-bond acceptors (Lipinski definition) is 5. The first kappa shape index (κ1) is 23.4. The van der Waals surface area contributed by atoms with E-state index in [1.807, 2.05) is 19.9 Å². The van der Waals surface area contributed by atoms with Crippen LogP contribution in [0.5, 0.6) is 11.5 Å². The van der Waals surface area contributed by atoms with Crippen LogP contribution in [0.1, 0.15) is 29.7 Å². The van der Waals surface area contributed by atoms with Crippen molar-refractivity contribution >= 4 is 34.7 Å². The van der Waals surface area contributed by atoms with Gasteiger partial charge in [-0.15, -0.1) is 0 Å². The Morgan fingerprint density at radius 2 is 1.71 bits per heavy atom. The molecule has 1 aliphatic rings. The lowest BCUT2D eigenvalue weighted by atomic mass is 9.94. The predicted molar refractivity (Wildman–Crippen MR) is 132 cm³/mol. The average molecular weight is 478 g/mol. The molecule has 1 N–H and O–H groups in total. The summed E-state index contributed by atoms with van der Waals surface area (Å²) in [4.78, 5) is 28.0. The van der Waals surface area contributed by atoms with E-state index in [0.29, 0.717) is 39.9 Å². The van der Waals surface area contributed by atoms with Gasteiger partial charge in [-0.3, -0.25) is 14.5 Å². The van der Waals surface area contributed by atoms with Gasteiger partial charge >= 0.3 is 0 Å². The Hall–Kier alpha value is -3.77. The van der Waals surface area contributed by atoms with Crippen LogP contribution in [0.4, 0.5) is 5.69 Å². The molecule has 0 saturated carbocycles. The first-order chi connectivity index (χ1) is 16.3. The van der Waals surface area contributed by atoms with E-state index in [0.717, 1.165) is 5.56 Å². The number of aliphatic hydroxyl groups is 1. The van der Waals surface area contributed by atoms with Gasteiger partial charge in [0.2, 0.25) is 0 Å². The van der Waals surface area contributed by atoms with Crippen LogP contribution in [0, 0.1) is 6.92 Å². The summed E-state index contributed by atoms with van der Waals surface area (Å²) in [5.41, 5.74) is 2.31. The molecule has 1 atom stereocenters. The summed E-state index contributed by atoms with van der Waals surface area (Å²) >= 11 is 6.09. The molecule has 34 heavy (non-hydrogen) atoms. The Bertz CT molecular complexity index is 1270. The second-order valence-electron chi connectivity index (χ2n) is 7.85. The second-order valence-corrected chi connectivity index (χ2v) is 8.29. The molecule has 1 saturated heterocycles. The number of methoxy groups -OCH3 is 1. The minimum absolute atomic E-state index is 0.0230. The molecule has 0 aromatic heterocycles. The number of Topliss-reactive ketones (excluding diaryl/α,β-unsaturated/α-hetero) is 1. The van der Waals surface area contributed by atoms with Gasteiger partial charge in [0.15, 0.2) is 0 Å².